The van der Waals surface area contributed by atoms with Crippen molar-refractivity contribution in [1.82, 2.24) is 0 Å². The topological polar surface area (TPSA) is 18.5 Å². The Morgan fingerprint density at radius 1 is 1.27 bits per heavy atom. The molecular formula is C12H22O2S. The highest BCUT2D eigenvalue weighted by molar-refractivity contribution is 7.80. The van der Waals surface area contributed by atoms with E-state index in [1.165, 1.54) is 12.8 Å². The number of thiol groups is 1. The smallest absolute Gasteiger partial charge is 0.0624 e. The first-order valence-electron chi connectivity index (χ1n) is 6.01. The predicted octanol–water partition coefficient (Wildman–Crippen LogP) is 2.67. The minimum absolute atomic E-state index is 0.352. The molecule has 0 bridgehead atoms. The van der Waals surface area contributed by atoms with E-state index in [1.54, 1.807) is 0 Å². The molecule has 0 aromatic heterocycles. The monoisotopic (exact) mass is 230 g/mol. The molecule has 0 aromatic carbocycles. The normalized spacial score (nSPS) is 39.0. The lowest BCUT2D eigenvalue weighted by atomic mass is 10.0. The zero-order valence-electron chi connectivity index (χ0n) is 9.74. The molecule has 15 heavy (non-hydrogen) atoms. The van der Waals surface area contributed by atoms with Gasteiger partial charge in [-0.15, -0.1) is 0 Å². The van der Waals surface area contributed by atoms with Crippen LogP contribution in [0.3, 0.4) is 0 Å². The van der Waals surface area contributed by atoms with Crippen molar-refractivity contribution < 1.29 is 9.47 Å². The average Bonchev–Trinajstić information content (AvgIpc) is 2.94. The summed E-state index contributed by atoms with van der Waals surface area (Å²) in [5.41, 5.74) is 0.424. The summed E-state index contributed by atoms with van der Waals surface area (Å²) in [6.07, 6.45) is 5.80. The second-order valence-corrected chi connectivity index (χ2v) is 5.64. The van der Waals surface area contributed by atoms with Gasteiger partial charge in [-0.3, -0.25) is 0 Å². The first-order chi connectivity index (χ1) is 7.13. The van der Waals surface area contributed by atoms with E-state index in [1.807, 2.05) is 0 Å². The lowest BCUT2D eigenvalue weighted by Crippen LogP contribution is -2.35. The van der Waals surface area contributed by atoms with Crippen LogP contribution in [-0.2, 0) is 9.47 Å². The Hall–Kier alpha value is 0.270. The second kappa shape index (κ2) is 4.64. The standard InChI is InChI=1S/C12H22O2S/c1-9-5-11(6-10(2)14-9)13-7-12(8-15)3-4-12/h9-11,15H,3-8H2,1-2H3. The Balaban J connectivity index is 1.74. The maximum Gasteiger partial charge on any atom is 0.0624 e. The lowest BCUT2D eigenvalue weighted by molar-refractivity contribution is -0.107. The minimum atomic E-state index is 0.352. The maximum atomic E-state index is 6.01. The third-order valence-electron chi connectivity index (χ3n) is 3.57. The Bertz CT molecular complexity index is 206. The quantitative estimate of drug-likeness (QED) is 0.749. The van der Waals surface area contributed by atoms with Gasteiger partial charge in [-0.2, -0.15) is 12.6 Å². The van der Waals surface area contributed by atoms with Crippen molar-refractivity contribution in [2.75, 3.05) is 12.4 Å². The molecule has 2 rings (SSSR count). The molecule has 2 unspecified atom stereocenters. The summed E-state index contributed by atoms with van der Waals surface area (Å²) in [5, 5.41) is 0. The molecule has 2 fully saturated rings. The van der Waals surface area contributed by atoms with Gasteiger partial charge in [0.05, 0.1) is 24.9 Å². The van der Waals surface area contributed by atoms with Crippen molar-refractivity contribution in [3.63, 3.8) is 0 Å². The molecule has 2 atom stereocenters. The second-order valence-electron chi connectivity index (χ2n) is 5.32. The molecule has 0 amide bonds. The maximum absolute atomic E-state index is 6.01. The zero-order chi connectivity index (χ0) is 10.9. The van der Waals surface area contributed by atoms with Gasteiger partial charge in [-0.05, 0) is 45.3 Å². The number of hydrogen-bond acceptors (Lipinski definition) is 3. The summed E-state index contributed by atoms with van der Waals surface area (Å²) in [7, 11) is 0. The van der Waals surface area contributed by atoms with Crippen LogP contribution in [0.15, 0.2) is 0 Å². The highest BCUT2D eigenvalue weighted by Crippen LogP contribution is 2.47. The van der Waals surface area contributed by atoms with Crippen LogP contribution >= 0.6 is 12.6 Å². The molecule has 1 saturated heterocycles. The third kappa shape index (κ3) is 3.11. The lowest BCUT2D eigenvalue weighted by Gasteiger charge is -2.32. The van der Waals surface area contributed by atoms with Gasteiger partial charge < -0.3 is 9.47 Å². The summed E-state index contributed by atoms with van der Waals surface area (Å²) in [6, 6.07) is 0. The molecule has 0 N–H and O–H groups in total. The van der Waals surface area contributed by atoms with Gasteiger partial charge in [0.2, 0.25) is 0 Å². The molecule has 88 valence electrons. The molecule has 0 spiro atoms. The number of hydrogen-bond donors (Lipinski definition) is 1. The van der Waals surface area contributed by atoms with Gasteiger partial charge in [0.15, 0.2) is 0 Å². The zero-order valence-corrected chi connectivity index (χ0v) is 10.6. The van der Waals surface area contributed by atoms with Gasteiger partial charge in [0.25, 0.3) is 0 Å². The molecule has 1 heterocycles. The van der Waals surface area contributed by atoms with Crippen LogP contribution in [0.1, 0.15) is 39.5 Å². The largest absolute Gasteiger partial charge is 0.377 e. The average molecular weight is 230 g/mol. The van der Waals surface area contributed by atoms with Crippen LogP contribution in [0.4, 0.5) is 0 Å². The van der Waals surface area contributed by atoms with Crippen molar-refractivity contribution in [3.8, 4) is 0 Å². The SMILES string of the molecule is CC1CC(OCC2(CS)CC2)CC(C)O1. The molecule has 0 radical (unpaired) electrons. The molecule has 0 aromatic rings. The van der Waals surface area contributed by atoms with Gasteiger partial charge in [-0.1, -0.05) is 0 Å². The number of ether oxygens (including phenoxy) is 2. The molecule has 1 aliphatic carbocycles. The van der Waals surface area contributed by atoms with E-state index in [4.69, 9.17) is 9.47 Å². The van der Waals surface area contributed by atoms with Gasteiger partial charge in [0.1, 0.15) is 0 Å². The molecular weight excluding hydrogens is 208 g/mol. The Morgan fingerprint density at radius 2 is 1.87 bits per heavy atom. The van der Waals surface area contributed by atoms with E-state index < -0.39 is 0 Å². The van der Waals surface area contributed by atoms with Crippen molar-refractivity contribution >= 4 is 12.6 Å². The van der Waals surface area contributed by atoms with Crippen LogP contribution in [-0.4, -0.2) is 30.7 Å². The summed E-state index contributed by atoms with van der Waals surface area (Å²) < 4.78 is 11.7. The van der Waals surface area contributed by atoms with E-state index in [0.717, 1.165) is 25.2 Å². The summed E-state index contributed by atoms with van der Waals surface area (Å²) in [4.78, 5) is 0. The summed E-state index contributed by atoms with van der Waals surface area (Å²) >= 11 is 4.39. The molecule has 1 aliphatic heterocycles. The fourth-order valence-electron chi connectivity index (χ4n) is 2.30. The van der Waals surface area contributed by atoms with Crippen molar-refractivity contribution in [1.29, 1.82) is 0 Å². The minimum Gasteiger partial charge on any atom is -0.377 e. The fraction of sp³-hybridized carbons (Fsp3) is 1.00. The Kier molecular flexibility index (Phi) is 3.63. The molecule has 3 heteroatoms. The van der Waals surface area contributed by atoms with E-state index in [9.17, 15) is 0 Å². The first-order valence-corrected chi connectivity index (χ1v) is 6.65. The predicted molar refractivity (Wildman–Crippen MR) is 64.5 cm³/mol. The van der Waals surface area contributed by atoms with Crippen LogP contribution in [0.2, 0.25) is 0 Å². The van der Waals surface area contributed by atoms with E-state index in [0.29, 0.717) is 23.7 Å². The van der Waals surface area contributed by atoms with Crippen LogP contribution in [0.25, 0.3) is 0 Å². The highest BCUT2D eigenvalue weighted by atomic mass is 32.1. The summed E-state index contributed by atoms with van der Waals surface area (Å²) in [5.74, 6) is 0.974. The fourth-order valence-corrected chi connectivity index (χ4v) is 2.71. The molecule has 2 aliphatic rings. The highest BCUT2D eigenvalue weighted by Gasteiger charge is 2.42. The molecule has 1 saturated carbocycles. The first kappa shape index (κ1) is 11.7. The Labute approximate surface area is 98.1 Å². The van der Waals surface area contributed by atoms with E-state index >= 15 is 0 Å². The Morgan fingerprint density at radius 3 is 2.33 bits per heavy atom. The number of rotatable bonds is 4. The molecule has 2 nitrogen and oxygen atoms in total. The van der Waals surface area contributed by atoms with Crippen molar-refractivity contribution in [3.05, 3.63) is 0 Å². The van der Waals surface area contributed by atoms with Crippen LogP contribution in [0.5, 0.6) is 0 Å². The van der Waals surface area contributed by atoms with Crippen LogP contribution in [0, 0.1) is 5.41 Å². The van der Waals surface area contributed by atoms with E-state index in [-0.39, 0.29) is 0 Å². The van der Waals surface area contributed by atoms with Gasteiger partial charge in [0, 0.05) is 5.41 Å². The van der Waals surface area contributed by atoms with E-state index in [2.05, 4.69) is 26.5 Å². The van der Waals surface area contributed by atoms with Gasteiger partial charge >= 0.3 is 0 Å². The van der Waals surface area contributed by atoms with Gasteiger partial charge in [-0.25, -0.2) is 0 Å². The van der Waals surface area contributed by atoms with Crippen molar-refractivity contribution in [2.45, 2.75) is 57.8 Å². The summed E-state index contributed by atoms with van der Waals surface area (Å²) in [6.45, 7) is 5.18. The van der Waals surface area contributed by atoms with Crippen LogP contribution < -0.4 is 0 Å². The third-order valence-corrected chi connectivity index (χ3v) is 4.24. The van der Waals surface area contributed by atoms with Crippen molar-refractivity contribution in [2.24, 2.45) is 5.41 Å².